The SMILES string of the molecule is CCS(=O)(=O)NCCCNC(=NC)NCCOc1ccc(C)cc1.I. The van der Waals surface area contributed by atoms with Gasteiger partial charge >= 0.3 is 0 Å². The minimum absolute atomic E-state index is 0. The van der Waals surface area contributed by atoms with Gasteiger partial charge in [0.2, 0.25) is 10.0 Å². The molecule has 0 radical (unpaired) electrons. The van der Waals surface area contributed by atoms with Crippen molar-refractivity contribution in [3.63, 3.8) is 0 Å². The first-order valence-electron chi connectivity index (χ1n) is 8.08. The second-order valence-corrected chi connectivity index (χ2v) is 7.33. The topological polar surface area (TPSA) is 91.8 Å². The van der Waals surface area contributed by atoms with E-state index in [-0.39, 0.29) is 29.7 Å². The number of benzene rings is 1. The molecule has 0 heterocycles. The molecule has 0 saturated carbocycles. The molecule has 1 aromatic rings. The summed E-state index contributed by atoms with van der Waals surface area (Å²) in [6, 6.07) is 7.91. The van der Waals surface area contributed by atoms with Crippen LogP contribution in [0.1, 0.15) is 18.9 Å². The molecule has 0 aliphatic heterocycles. The number of hydrogen-bond donors (Lipinski definition) is 3. The molecule has 0 atom stereocenters. The van der Waals surface area contributed by atoms with E-state index < -0.39 is 10.0 Å². The van der Waals surface area contributed by atoms with Gasteiger partial charge in [0.15, 0.2) is 5.96 Å². The van der Waals surface area contributed by atoms with Gasteiger partial charge in [-0.05, 0) is 32.4 Å². The third-order valence-corrected chi connectivity index (χ3v) is 4.66. The lowest BCUT2D eigenvalue weighted by molar-refractivity contribution is 0.322. The van der Waals surface area contributed by atoms with Gasteiger partial charge in [0, 0.05) is 20.1 Å². The largest absolute Gasteiger partial charge is 0.492 e. The lowest BCUT2D eigenvalue weighted by Crippen LogP contribution is -2.40. The van der Waals surface area contributed by atoms with E-state index in [9.17, 15) is 8.42 Å². The zero-order valence-corrected chi connectivity index (χ0v) is 18.2. The van der Waals surface area contributed by atoms with Crippen molar-refractivity contribution in [3.8, 4) is 5.75 Å². The predicted octanol–water partition coefficient (Wildman–Crippen LogP) is 1.49. The number of nitrogens with one attached hydrogen (secondary N) is 3. The van der Waals surface area contributed by atoms with Crippen LogP contribution in [-0.4, -0.2) is 53.4 Å². The lowest BCUT2D eigenvalue weighted by atomic mass is 10.2. The Hall–Kier alpha value is -1.07. The summed E-state index contributed by atoms with van der Waals surface area (Å²) in [6.07, 6.45) is 0.680. The van der Waals surface area contributed by atoms with E-state index in [1.807, 2.05) is 31.2 Å². The maximum atomic E-state index is 11.3. The number of aryl methyl sites for hydroxylation is 1. The van der Waals surface area contributed by atoms with Crippen LogP contribution in [0.25, 0.3) is 0 Å². The van der Waals surface area contributed by atoms with E-state index in [2.05, 4.69) is 20.3 Å². The summed E-state index contributed by atoms with van der Waals surface area (Å²) in [7, 11) is -1.42. The standard InChI is InChI=1S/C16H28N4O3S.HI/c1-4-24(21,22)20-11-5-10-18-16(17-3)19-12-13-23-15-8-6-14(2)7-9-15;/h6-9,20H,4-5,10-13H2,1-3H3,(H2,17,18,19);1H. The minimum atomic E-state index is -3.11. The van der Waals surface area contributed by atoms with Crippen LogP contribution in [0.15, 0.2) is 29.3 Å². The van der Waals surface area contributed by atoms with Crippen LogP contribution in [0.2, 0.25) is 0 Å². The Morgan fingerprint density at radius 3 is 2.36 bits per heavy atom. The van der Waals surface area contributed by atoms with Crippen molar-refractivity contribution in [2.75, 3.05) is 39.0 Å². The summed E-state index contributed by atoms with van der Waals surface area (Å²) in [5.41, 5.74) is 1.20. The summed E-state index contributed by atoms with van der Waals surface area (Å²) in [5.74, 6) is 1.61. The highest BCUT2D eigenvalue weighted by molar-refractivity contribution is 14.0. The van der Waals surface area contributed by atoms with Crippen LogP contribution in [0, 0.1) is 6.92 Å². The van der Waals surface area contributed by atoms with Crippen molar-refractivity contribution in [1.82, 2.24) is 15.4 Å². The van der Waals surface area contributed by atoms with Crippen molar-refractivity contribution in [2.24, 2.45) is 4.99 Å². The zero-order valence-electron chi connectivity index (χ0n) is 15.0. The van der Waals surface area contributed by atoms with E-state index in [4.69, 9.17) is 4.74 Å². The highest BCUT2D eigenvalue weighted by Gasteiger charge is 2.04. The first-order chi connectivity index (χ1) is 11.5. The Balaban J connectivity index is 0.00000576. The molecule has 1 rings (SSSR count). The van der Waals surface area contributed by atoms with Crippen molar-refractivity contribution in [2.45, 2.75) is 20.3 Å². The third kappa shape index (κ3) is 11.2. The number of hydrogen-bond acceptors (Lipinski definition) is 4. The molecular formula is C16H29IN4O3S. The molecular weight excluding hydrogens is 455 g/mol. The van der Waals surface area contributed by atoms with Gasteiger partial charge in [0.25, 0.3) is 0 Å². The van der Waals surface area contributed by atoms with Gasteiger partial charge in [-0.3, -0.25) is 4.99 Å². The number of nitrogens with zero attached hydrogens (tertiary/aromatic N) is 1. The van der Waals surface area contributed by atoms with Gasteiger partial charge in [-0.2, -0.15) is 0 Å². The molecule has 0 aliphatic carbocycles. The third-order valence-electron chi connectivity index (χ3n) is 3.26. The molecule has 0 aliphatic rings. The molecule has 0 bridgehead atoms. The lowest BCUT2D eigenvalue weighted by Gasteiger charge is -2.12. The molecule has 9 heteroatoms. The summed E-state index contributed by atoms with van der Waals surface area (Å²) >= 11 is 0. The van der Waals surface area contributed by atoms with Crippen LogP contribution >= 0.6 is 24.0 Å². The Bertz CT molecular complexity index is 606. The van der Waals surface area contributed by atoms with Gasteiger partial charge in [0.05, 0.1) is 12.3 Å². The molecule has 25 heavy (non-hydrogen) atoms. The van der Waals surface area contributed by atoms with Gasteiger partial charge < -0.3 is 15.4 Å². The fraction of sp³-hybridized carbons (Fsp3) is 0.562. The van der Waals surface area contributed by atoms with Crippen molar-refractivity contribution in [3.05, 3.63) is 29.8 Å². The second-order valence-electron chi connectivity index (χ2n) is 5.24. The number of sulfonamides is 1. The van der Waals surface area contributed by atoms with Crippen molar-refractivity contribution >= 4 is 40.0 Å². The van der Waals surface area contributed by atoms with Gasteiger partial charge in [-0.15, -0.1) is 24.0 Å². The second kappa shape index (κ2) is 13.2. The normalized spacial score (nSPS) is 11.6. The molecule has 0 amide bonds. The molecule has 7 nitrogen and oxygen atoms in total. The molecule has 0 saturated heterocycles. The summed E-state index contributed by atoms with van der Waals surface area (Å²) in [6.45, 7) is 5.84. The van der Waals surface area contributed by atoms with Gasteiger partial charge in [0.1, 0.15) is 12.4 Å². The molecule has 0 fully saturated rings. The molecule has 0 aromatic heterocycles. The quantitative estimate of drug-likeness (QED) is 0.203. The summed E-state index contributed by atoms with van der Waals surface area (Å²) < 4.78 is 30.7. The summed E-state index contributed by atoms with van der Waals surface area (Å²) in [4.78, 5) is 4.11. The minimum Gasteiger partial charge on any atom is -0.492 e. The molecule has 3 N–H and O–H groups in total. The Morgan fingerprint density at radius 2 is 1.76 bits per heavy atom. The first-order valence-corrected chi connectivity index (χ1v) is 9.73. The van der Waals surface area contributed by atoms with Crippen LogP contribution in [-0.2, 0) is 10.0 Å². The predicted molar refractivity (Wildman–Crippen MR) is 114 cm³/mol. The highest BCUT2D eigenvalue weighted by Crippen LogP contribution is 2.10. The van der Waals surface area contributed by atoms with Gasteiger partial charge in [-0.1, -0.05) is 17.7 Å². The van der Waals surface area contributed by atoms with Crippen LogP contribution < -0.4 is 20.1 Å². The van der Waals surface area contributed by atoms with Crippen LogP contribution in [0.4, 0.5) is 0 Å². The highest BCUT2D eigenvalue weighted by atomic mass is 127. The average molecular weight is 484 g/mol. The number of guanidine groups is 1. The molecule has 1 aromatic carbocycles. The average Bonchev–Trinajstić information content (AvgIpc) is 2.58. The number of aliphatic imine (C=N–C) groups is 1. The fourth-order valence-electron chi connectivity index (χ4n) is 1.82. The van der Waals surface area contributed by atoms with E-state index in [0.29, 0.717) is 38.6 Å². The molecule has 144 valence electrons. The molecule has 0 spiro atoms. The number of ether oxygens (including phenoxy) is 1. The Kier molecular flexibility index (Phi) is 12.6. The van der Waals surface area contributed by atoms with Crippen LogP contribution in [0.3, 0.4) is 0 Å². The maximum absolute atomic E-state index is 11.3. The van der Waals surface area contributed by atoms with E-state index >= 15 is 0 Å². The first kappa shape index (κ1) is 23.9. The maximum Gasteiger partial charge on any atom is 0.211 e. The van der Waals surface area contributed by atoms with E-state index in [1.165, 1.54) is 5.56 Å². The van der Waals surface area contributed by atoms with Crippen molar-refractivity contribution in [1.29, 1.82) is 0 Å². The van der Waals surface area contributed by atoms with E-state index in [1.54, 1.807) is 14.0 Å². The summed E-state index contributed by atoms with van der Waals surface area (Å²) in [5, 5.41) is 6.27. The molecule has 0 unspecified atom stereocenters. The number of halogens is 1. The fourth-order valence-corrected chi connectivity index (χ4v) is 2.48. The zero-order chi connectivity index (χ0) is 17.8. The monoisotopic (exact) mass is 484 g/mol. The Morgan fingerprint density at radius 1 is 1.12 bits per heavy atom. The van der Waals surface area contributed by atoms with Crippen LogP contribution in [0.5, 0.6) is 5.75 Å². The van der Waals surface area contributed by atoms with E-state index in [0.717, 1.165) is 5.75 Å². The smallest absolute Gasteiger partial charge is 0.211 e. The van der Waals surface area contributed by atoms with Gasteiger partial charge in [-0.25, -0.2) is 13.1 Å². The Labute approximate surface area is 168 Å². The number of rotatable bonds is 10. The van der Waals surface area contributed by atoms with Crippen molar-refractivity contribution < 1.29 is 13.2 Å².